The molecule has 8 heteroatoms. The van der Waals surface area contributed by atoms with Crippen molar-refractivity contribution in [3.05, 3.63) is 64.5 Å². The van der Waals surface area contributed by atoms with Crippen molar-refractivity contribution in [3.8, 4) is 11.4 Å². The molecule has 0 radical (unpaired) electrons. The molecule has 3 heterocycles. The Bertz CT molecular complexity index is 1280. The summed E-state index contributed by atoms with van der Waals surface area (Å²) in [6, 6.07) is 8.56. The summed E-state index contributed by atoms with van der Waals surface area (Å²) in [5, 5.41) is 14.5. The third-order valence-electron chi connectivity index (χ3n) is 8.29. The van der Waals surface area contributed by atoms with Crippen molar-refractivity contribution in [1.82, 2.24) is 29.8 Å². The van der Waals surface area contributed by atoms with E-state index in [4.69, 9.17) is 0 Å². The first-order valence-corrected chi connectivity index (χ1v) is 12.9. The first-order valence-electron chi connectivity index (χ1n) is 12.9. The van der Waals surface area contributed by atoms with E-state index in [1.807, 2.05) is 33.7 Å². The number of aromatic amines is 1. The van der Waals surface area contributed by atoms with Crippen LogP contribution in [0, 0.1) is 5.41 Å². The summed E-state index contributed by atoms with van der Waals surface area (Å²) in [5.41, 5.74) is 3.16. The molecular formula is C27H35N7O. The Labute approximate surface area is 206 Å². The van der Waals surface area contributed by atoms with Gasteiger partial charge in [0.15, 0.2) is 0 Å². The van der Waals surface area contributed by atoms with Crippen molar-refractivity contribution in [1.29, 1.82) is 0 Å². The molecule has 2 aliphatic rings. The Kier molecular flexibility index (Phi) is 6.30. The summed E-state index contributed by atoms with van der Waals surface area (Å²) < 4.78 is 4.08. The summed E-state index contributed by atoms with van der Waals surface area (Å²) in [5.74, 6) is 0.562. The number of hydrogen-bond donors (Lipinski definition) is 1. The van der Waals surface area contributed by atoms with Crippen LogP contribution in [0.25, 0.3) is 11.4 Å². The normalized spacial score (nSPS) is 22.5. The van der Waals surface area contributed by atoms with Crippen molar-refractivity contribution in [2.24, 2.45) is 10.4 Å². The van der Waals surface area contributed by atoms with E-state index in [2.05, 4.69) is 70.8 Å². The summed E-state index contributed by atoms with van der Waals surface area (Å²) in [6.45, 7) is 7.28. The van der Waals surface area contributed by atoms with Crippen LogP contribution in [-0.4, -0.2) is 36.0 Å². The number of rotatable bonds is 10. The van der Waals surface area contributed by atoms with Gasteiger partial charge in [0.1, 0.15) is 0 Å². The molecule has 5 rings (SSSR count). The fourth-order valence-corrected chi connectivity index (χ4v) is 5.71. The Balaban J connectivity index is 1.56. The smallest absolute Gasteiger partial charge is 0.295 e. The second-order valence-electron chi connectivity index (χ2n) is 10.1. The SMILES string of the molecule is CCCCc1cn(C2CC2(CC)CC)c(=O)n1CC1(c2cccc(-c3nn[nH]n3)c2)C=CN=CC1. The van der Waals surface area contributed by atoms with Gasteiger partial charge in [-0.2, -0.15) is 5.21 Å². The van der Waals surface area contributed by atoms with Crippen LogP contribution in [0.15, 0.2) is 52.5 Å². The molecule has 1 aromatic carbocycles. The first kappa shape index (κ1) is 23.5. The van der Waals surface area contributed by atoms with Crippen molar-refractivity contribution >= 4 is 6.21 Å². The van der Waals surface area contributed by atoms with Gasteiger partial charge < -0.3 is 0 Å². The van der Waals surface area contributed by atoms with E-state index >= 15 is 0 Å². The van der Waals surface area contributed by atoms with Crippen molar-refractivity contribution < 1.29 is 0 Å². The molecular weight excluding hydrogens is 438 g/mol. The second-order valence-corrected chi connectivity index (χ2v) is 10.1. The van der Waals surface area contributed by atoms with E-state index in [9.17, 15) is 4.79 Å². The summed E-state index contributed by atoms with van der Waals surface area (Å²) in [4.78, 5) is 18.2. The number of aliphatic imine (C=N–C) groups is 1. The van der Waals surface area contributed by atoms with Gasteiger partial charge in [-0.25, -0.2) is 4.79 Å². The number of allylic oxidation sites excluding steroid dienone is 1. The van der Waals surface area contributed by atoms with Crippen LogP contribution in [0.1, 0.15) is 76.6 Å². The molecule has 1 saturated carbocycles. The topological polar surface area (TPSA) is 93.8 Å². The minimum Gasteiger partial charge on any atom is -0.295 e. The maximum absolute atomic E-state index is 13.9. The third kappa shape index (κ3) is 4.19. The standard InChI is InChI=1S/C27H35N7O/c1-4-7-11-22-18-33(23-17-26(23,5-2)6-3)25(35)34(22)19-27(12-14-28-15-13-27)21-10-8-9-20(16-21)24-29-31-32-30-24/h8-10,12,14-16,18,23H,4-7,11,13,17,19H2,1-3H3,(H,29,30,31,32). The lowest BCUT2D eigenvalue weighted by Crippen LogP contribution is -2.37. The van der Waals surface area contributed by atoms with Crippen LogP contribution in [0.2, 0.25) is 0 Å². The van der Waals surface area contributed by atoms with Gasteiger partial charge >= 0.3 is 5.69 Å². The molecule has 184 valence electrons. The molecule has 1 fully saturated rings. The van der Waals surface area contributed by atoms with E-state index in [0.29, 0.717) is 18.4 Å². The Hall–Kier alpha value is -3.29. The zero-order chi connectivity index (χ0) is 24.5. The van der Waals surface area contributed by atoms with Crippen LogP contribution in [0.4, 0.5) is 0 Å². The van der Waals surface area contributed by atoms with E-state index < -0.39 is 0 Å². The predicted octanol–water partition coefficient (Wildman–Crippen LogP) is 4.85. The zero-order valence-corrected chi connectivity index (χ0v) is 20.9. The minimum absolute atomic E-state index is 0.120. The number of nitrogens with zero attached hydrogens (tertiary/aromatic N) is 6. The van der Waals surface area contributed by atoms with Crippen molar-refractivity contribution in [3.63, 3.8) is 0 Å². The number of benzene rings is 1. The van der Waals surface area contributed by atoms with Gasteiger partial charge in [0.25, 0.3) is 0 Å². The maximum atomic E-state index is 13.9. The molecule has 0 bridgehead atoms. The van der Waals surface area contributed by atoms with Gasteiger partial charge in [0, 0.05) is 47.9 Å². The van der Waals surface area contributed by atoms with Gasteiger partial charge in [-0.05, 0) is 60.8 Å². The Morgan fingerprint density at radius 3 is 2.71 bits per heavy atom. The molecule has 1 aliphatic heterocycles. The van der Waals surface area contributed by atoms with E-state index in [-0.39, 0.29) is 16.5 Å². The van der Waals surface area contributed by atoms with Crippen LogP contribution in [-0.2, 0) is 18.4 Å². The number of unbranched alkanes of at least 4 members (excludes halogenated alkanes) is 1. The van der Waals surface area contributed by atoms with E-state index in [1.165, 1.54) is 0 Å². The Morgan fingerprint density at radius 2 is 2.06 bits per heavy atom. The number of H-pyrrole nitrogens is 1. The highest BCUT2D eigenvalue weighted by Crippen LogP contribution is 2.60. The monoisotopic (exact) mass is 473 g/mol. The molecule has 0 amide bonds. The van der Waals surface area contributed by atoms with Crippen LogP contribution >= 0.6 is 0 Å². The highest BCUT2D eigenvalue weighted by molar-refractivity contribution is 5.65. The van der Waals surface area contributed by atoms with Crippen molar-refractivity contribution in [2.45, 2.75) is 83.7 Å². The molecule has 2 unspecified atom stereocenters. The van der Waals surface area contributed by atoms with Gasteiger partial charge in [-0.3, -0.25) is 14.1 Å². The highest BCUT2D eigenvalue weighted by atomic mass is 16.1. The zero-order valence-electron chi connectivity index (χ0n) is 20.9. The van der Waals surface area contributed by atoms with Crippen LogP contribution in [0.5, 0.6) is 0 Å². The number of hydrogen-bond acceptors (Lipinski definition) is 5. The van der Waals surface area contributed by atoms with Gasteiger partial charge in [0.05, 0.1) is 0 Å². The number of imidazole rings is 1. The van der Waals surface area contributed by atoms with Gasteiger partial charge in [0.2, 0.25) is 5.82 Å². The third-order valence-corrected chi connectivity index (χ3v) is 8.29. The van der Waals surface area contributed by atoms with Crippen molar-refractivity contribution in [2.75, 3.05) is 0 Å². The van der Waals surface area contributed by atoms with Gasteiger partial charge in [-0.1, -0.05) is 51.5 Å². The highest BCUT2D eigenvalue weighted by Gasteiger charge is 2.53. The molecule has 0 saturated heterocycles. The van der Waals surface area contributed by atoms with E-state index in [1.54, 1.807) is 0 Å². The average Bonchev–Trinajstić information content (AvgIpc) is 3.21. The molecule has 8 nitrogen and oxygen atoms in total. The lowest BCUT2D eigenvalue weighted by atomic mass is 9.76. The maximum Gasteiger partial charge on any atom is 0.328 e. The van der Waals surface area contributed by atoms with Crippen LogP contribution < -0.4 is 5.69 Å². The van der Waals surface area contributed by atoms with Gasteiger partial charge in [-0.15, -0.1) is 10.2 Å². The summed E-state index contributed by atoms with van der Waals surface area (Å²) >= 11 is 0. The second kappa shape index (κ2) is 9.40. The number of tetrazole rings is 1. The lowest BCUT2D eigenvalue weighted by molar-refractivity contribution is 0.401. The summed E-state index contributed by atoms with van der Waals surface area (Å²) in [6.07, 6.45) is 15.2. The molecule has 2 aromatic heterocycles. The predicted molar refractivity (Wildman–Crippen MR) is 138 cm³/mol. The fourth-order valence-electron chi connectivity index (χ4n) is 5.71. The molecule has 3 aromatic rings. The number of aromatic nitrogens is 6. The fraction of sp³-hybridized carbons (Fsp3) is 0.519. The lowest BCUT2D eigenvalue weighted by Gasteiger charge is -2.32. The number of aryl methyl sites for hydroxylation is 1. The van der Waals surface area contributed by atoms with Crippen LogP contribution in [0.3, 0.4) is 0 Å². The number of nitrogens with one attached hydrogen (secondary N) is 1. The first-order chi connectivity index (χ1) is 17.1. The Morgan fingerprint density at radius 1 is 1.20 bits per heavy atom. The molecule has 1 aliphatic carbocycles. The van der Waals surface area contributed by atoms with E-state index in [0.717, 1.165) is 61.8 Å². The summed E-state index contributed by atoms with van der Waals surface area (Å²) in [7, 11) is 0. The average molecular weight is 474 g/mol. The quantitative estimate of drug-likeness (QED) is 0.455. The molecule has 0 spiro atoms. The molecule has 35 heavy (non-hydrogen) atoms. The largest absolute Gasteiger partial charge is 0.328 e. The molecule has 2 atom stereocenters. The minimum atomic E-state index is -0.380. The molecule has 1 N–H and O–H groups in total.